The van der Waals surface area contributed by atoms with E-state index in [4.69, 9.17) is 33.3 Å². The fourth-order valence-electron chi connectivity index (χ4n) is 5.50. The number of phosphoric ester groups is 2. The van der Waals surface area contributed by atoms with Gasteiger partial charge in [0.25, 0.3) is 11.1 Å². The predicted molar refractivity (Wildman–Crippen MR) is 148 cm³/mol. The highest BCUT2D eigenvalue weighted by Crippen LogP contribution is 2.53. The van der Waals surface area contributed by atoms with Gasteiger partial charge in [-0.1, -0.05) is 12.1 Å². The molecule has 0 aliphatic carbocycles. The standard InChI is InChI=1S/C23H25N7O13P2/c24-23-27-18-15(19(32)28-23)26-9-29(18)21-13-5-10(40-21)6-38-45(36,37)43-17-14(7-39-44(34,35)42-13)41-22(16(17)31)30-8-25-12-4-2-1-3-11(12)20(30)33/h1-4,8-10,13-14,16-17,21-22,31H,5-7H2,(H,34,35)(H,36,37)(H3,24,27,28,32)/t10?,13-,14+,16?,17+,21+,22+/m0/s1. The highest BCUT2D eigenvalue weighted by atomic mass is 31.2. The Kier molecular flexibility index (Phi) is 7.50. The van der Waals surface area contributed by atoms with Gasteiger partial charge in [0, 0.05) is 6.42 Å². The summed E-state index contributed by atoms with van der Waals surface area (Å²) in [5.41, 5.74) is 4.69. The van der Waals surface area contributed by atoms with E-state index in [-0.39, 0.29) is 28.9 Å². The first-order valence-electron chi connectivity index (χ1n) is 13.4. The van der Waals surface area contributed by atoms with Gasteiger partial charge in [-0.05, 0) is 12.1 Å². The van der Waals surface area contributed by atoms with Crippen LogP contribution in [0.3, 0.4) is 0 Å². The Bertz CT molecular complexity index is 2000. The van der Waals surface area contributed by atoms with Crippen LogP contribution in [0, 0.1) is 0 Å². The maximum absolute atomic E-state index is 13.2. The average Bonchev–Trinajstić information content (AvgIpc) is 3.66. The van der Waals surface area contributed by atoms with Gasteiger partial charge in [0.15, 0.2) is 23.6 Å². The van der Waals surface area contributed by atoms with Crippen LogP contribution in [-0.2, 0) is 36.7 Å². The number of ether oxygens (including phenoxy) is 2. The van der Waals surface area contributed by atoms with Gasteiger partial charge < -0.3 is 30.1 Å². The van der Waals surface area contributed by atoms with Crippen LogP contribution in [-0.4, -0.2) is 87.7 Å². The number of aliphatic hydroxyl groups excluding tert-OH is 1. The van der Waals surface area contributed by atoms with E-state index in [1.807, 2.05) is 0 Å². The van der Waals surface area contributed by atoms with Gasteiger partial charge >= 0.3 is 15.6 Å². The number of aliphatic hydroxyl groups is 1. The molecule has 2 bridgehead atoms. The number of benzene rings is 1. The molecule has 0 spiro atoms. The number of anilines is 1. The Morgan fingerprint density at radius 1 is 0.933 bits per heavy atom. The molecule has 4 unspecified atom stereocenters. The minimum atomic E-state index is -4.97. The molecule has 7 rings (SSSR count). The number of nitrogens with two attached hydrogens (primary N) is 1. The largest absolute Gasteiger partial charge is 0.472 e. The van der Waals surface area contributed by atoms with Crippen molar-refractivity contribution in [1.82, 2.24) is 29.1 Å². The second kappa shape index (κ2) is 11.1. The topological polar surface area (TPSA) is 275 Å². The molecule has 20 nitrogen and oxygen atoms in total. The molecule has 3 aliphatic heterocycles. The zero-order valence-electron chi connectivity index (χ0n) is 22.8. The normalized spacial score (nSPS) is 35.9. The van der Waals surface area contributed by atoms with E-state index in [2.05, 4.69) is 19.9 Å². The first kappa shape index (κ1) is 30.3. The van der Waals surface area contributed by atoms with Gasteiger partial charge in [-0.3, -0.25) is 41.8 Å². The Hall–Kier alpha value is -3.39. The third-order valence-corrected chi connectivity index (χ3v) is 9.49. The molecule has 0 saturated carbocycles. The van der Waals surface area contributed by atoms with Crippen LogP contribution in [0.2, 0.25) is 0 Å². The van der Waals surface area contributed by atoms with Gasteiger partial charge in [-0.15, -0.1) is 0 Å². The van der Waals surface area contributed by atoms with E-state index in [9.17, 15) is 33.6 Å². The number of nitrogens with one attached hydrogen (secondary N) is 1. The van der Waals surface area contributed by atoms with Gasteiger partial charge in [-0.2, -0.15) is 4.98 Å². The average molecular weight is 669 g/mol. The monoisotopic (exact) mass is 669 g/mol. The van der Waals surface area contributed by atoms with Crippen molar-refractivity contribution in [3.63, 3.8) is 0 Å². The van der Waals surface area contributed by atoms with Crippen LogP contribution >= 0.6 is 15.6 Å². The van der Waals surface area contributed by atoms with Crippen molar-refractivity contribution in [3.8, 4) is 0 Å². The Balaban J connectivity index is 1.19. The van der Waals surface area contributed by atoms with Crippen LogP contribution in [0.25, 0.3) is 22.1 Å². The molecule has 3 aliphatic rings. The minimum Gasteiger partial charge on any atom is -0.386 e. The fraction of sp³-hybridized carbons (Fsp3) is 0.435. The fourth-order valence-corrected chi connectivity index (χ4v) is 7.41. The van der Waals surface area contributed by atoms with Crippen molar-refractivity contribution >= 4 is 43.7 Å². The third-order valence-electron chi connectivity index (χ3n) is 7.49. The summed E-state index contributed by atoms with van der Waals surface area (Å²) in [6, 6.07) is 6.43. The summed E-state index contributed by atoms with van der Waals surface area (Å²) in [4.78, 5) is 61.3. The molecule has 1 aromatic carbocycles. The molecule has 4 aromatic rings. The number of aromatic nitrogens is 6. The summed E-state index contributed by atoms with van der Waals surface area (Å²) in [6.07, 6.45) is -7.76. The quantitative estimate of drug-likeness (QED) is 0.171. The zero-order chi connectivity index (χ0) is 31.7. The summed E-state index contributed by atoms with van der Waals surface area (Å²) < 4.78 is 61.2. The maximum Gasteiger partial charge on any atom is 0.472 e. The van der Waals surface area contributed by atoms with Crippen molar-refractivity contribution in [2.24, 2.45) is 0 Å². The van der Waals surface area contributed by atoms with Crippen LogP contribution in [0.1, 0.15) is 18.9 Å². The summed E-state index contributed by atoms with van der Waals surface area (Å²) in [5.74, 6) is -0.227. The molecule has 9 atom stereocenters. The Morgan fingerprint density at radius 2 is 1.67 bits per heavy atom. The Labute approximate surface area is 250 Å². The van der Waals surface area contributed by atoms with Gasteiger partial charge in [0.2, 0.25) is 5.95 Å². The number of nitrogen functional groups attached to an aromatic ring is 1. The molecule has 6 heterocycles. The summed E-state index contributed by atoms with van der Waals surface area (Å²) in [5, 5.41) is 11.3. The second-order valence-electron chi connectivity index (χ2n) is 10.4. The number of hydrogen-bond donors (Lipinski definition) is 5. The molecule has 3 aromatic heterocycles. The molecular weight excluding hydrogens is 644 g/mol. The zero-order valence-corrected chi connectivity index (χ0v) is 24.5. The first-order chi connectivity index (χ1) is 21.4. The van der Waals surface area contributed by atoms with Crippen molar-refractivity contribution in [2.75, 3.05) is 18.9 Å². The molecule has 45 heavy (non-hydrogen) atoms. The molecule has 3 fully saturated rings. The molecule has 0 amide bonds. The van der Waals surface area contributed by atoms with Crippen molar-refractivity contribution in [2.45, 2.75) is 49.4 Å². The lowest BCUT2D eigenvalue weighted by Gasteiger charge is -2.25. The molecule has 3 saturated heterocycles. The highest BCUT2D eigenvalue weighted by molar-refractivity contribution is 7.47. The van der Waals surface area contributed by atoms with E-state index >= 15 is 0 Å². The van der Waals surface area contributed by atoms with E-state index < -0.39 is 83.0 Å². The lowest BCUT2D eigenvalue weighted by Crippen LogP contribution is -2.37. The van der Waals surface area contributed by atoms with Crippen LogP contribution < -0.4 is 16.9 Å². The molecule has 240 valence electrons. The van der Waals surface area contributed by atoms with E-state index in [1.165, 1.54) is 17.0 Å². The van der Waals surface area contributed by atoms with E-state index in [1.54, 1.807) is 18.2 Å². The molecule has 0 radical (unpaired) electrons. The van der Waals surface area contributed by atoms with E-state index in [0.717, 1.165) is 10.9 Å². The van der Waals surface area contributed by atoms with Gasteiger partial charge in [0.05, 0.1) is 36.5 Å². The van der Waals surface area contributed by atoms with Gasteiger partial charge in [0.1, 0.15) is 30.7 Å². The van der Waals surface area contributed by atoms with Crippen LogP contribution in [0.15, 0.2) is 46.5 Å². The van der Waals surface area contributed by atoms with E-state index in [0.29, 0.717) is 5.52 Å². The molecule has 22 heteroatoms. The number of aromatic amines is 1. The number of para-hydroxylation sites is 1. The smallest absolute Gasteiger partial charge is 0.386 e. The number of rotatable bonds is 2. The number of imidazole rings is 1. The van der Waals surface area contributed by atoms with Crippen LogP contribution in [0.5, 0.6) is 0 Å². The SMILES string of the molecule is Nc1nc2c(ncn2[C@@H]2OC3COP(=O)(O)O[C@H]4C(O)[C@H](n5cnc6ccccc6c5=O)O[C@@H]4COP(=O)(O)O[C@H]2C3)c(=O)[nH]1. The predicted octanol–water partition coefficient (Wildman–Crippen LogP) is -0.324. The number of nitrogens with zero attached hydrogens (tertiary/aromatic N) is 5. The minimum absolute atomic E-state index is 0.0250. The Morgan fingerprint density at radius 3 is 2.49 bits per heavy atom. The van der Waals surface area contributed by atoms with Gasteiger partial charge in [-0.25, -0.2) is 19.1 Å². The van der Waals surface area contributed by atoms with Crippen LogP contribution in [0.4, 0.5) is 5.95 Å². The third kappa shape index (κ3) is 5.64. The van der Waals surface area contributed by atoms with Crippen molar-refractivity contribution < 1.29 is 51.6 Å². The molecular formula is C23H25N7O13P2. The lowest BCUT2D eigenvalue weighted by molar-refractivity contribution is -0.0680. The van der Waals surface area contributed by atoms with Crippen molar-refractivity contribution in [3.05, 3.63) is 57.6 Å². The summed E-state index contributed by atoms with van der Waals surface area (Å²) >= 11 is 0. The van der Waals surface area contributed by atoms with Crippen molar-refractivity contribution in [1.29, 1.82) is 0 Å². The maximum atomic E-state index is 13.2. The summed E-state index contributed by atoms with van der Waals surface area (Å²) in [6.45, 7) is -1.37. The second-order valence-corrected chi connectivity index (χ2v) is 13.2. The number of hydrogen-bond acceptors (Lipinski definition) is 15. The number of H-pyrrole nitrogens is 1. The number of fused-ring (bicyclic) bond motifs is 5. The number of phosphoric acid groups is 2. The summed E-state index contributed by atoms with van der Waals surface area (Å²) in [7, 11) is -9.92. The molecule has 6 N–H and O–H groups in total. The highest BCUT2D eigenvalue weighted by Gasteiger charge is 2.51. The first-order valence-corrected chi connectivity index (χ1v) is 16.4. The lowest BCUT2D eigenvalue weighted by atomic mass is 10.1.